The van der Waals surface area contributed by atoms with Gasteiger partial charge in [0.25, 0.3) is 0 Å². The minimum absolute atomic E-state index is 0.346. The molecule has 1 heterocycles. The highest BCUT2D eigenvalue weighted by atomic mass is 16.5. The molecule has 96 valence electrons. The Labute approximate surface area is 111 Å². The number of para-hydroxylation sites is 1. The third-order valence-corrected chi connectivity index (χ3v) is 2.43. The summed E-state index contributed by atoms with van der Waals surface area (Å²) in [4.78, 5) is 14.7. The number of pyridine rings is 1. The van der Waals surface area contributed by atoms with E-state index in [0.29, 0.717) is 12.4 Å². The van der Waals surface area contributed by atoms with E-state index >= 15 is 0 Å². The fourth-order valence-corrected chi connectivity index (χ4v) is 1.55. The molecule has 1 aromatic heterocycles. The Kier molecular flexibility index (Phi) is 4.29. The molecule has 0 fully saturated rings. The second kappa shape index (κ2) is 6.35. The van der Waals surface area contributed by atoms with Gasteiger partial charge in [-0.15, -0.1) is 0 Å². The average molecular weight is 255 g/mol. The second-order valence-corrected chi connectivity index (χ2v) is 3.82. The van der Waals surface area contributed by atoms with Crippen LogP contribution in [0.25, 0.3) is 6.08 Å². The van der Waals surface area contributed by atoms with E-state index < -0.39 is 5.97 Å². The molecule has 0 saturated heterocycles. The fraction of sp³-hybridized carbons (Fsp3) is 0.0667. The maximum atomic E-state index is 10.5. The number of benzene rings is 1. The van der Waals surface area contributed by atoms with Gasteiger partial charge in [0.2, 0.25) is 0 Å². The van der Waals surface area contributed by atoms with Gasteiger partial charge in [-0.1, -0.05) is 24.3 Å². The first-order valence-corrected chi connectivity index (χ1v) is 5.78. The first kappa shape index (κ1) is 12.8. The van der Waals surface area contributed by atoms with Crippen LogP contribution in [-0.4, -0.2) is 16.1 Å². The highest BCUT2D eigenvalue weighted by molar-refractivity contribution is 5.85. The molecule has 2 aromatic rings. The van der Waals surface area contributed by atoms with Crippen LogP contribution < -0.4 is 4.74 Å². The quantitative estimate of drug-likeness (QED) is 0.834. The van der Waals surface area contributed by atoms with E-state index in [1.54, 1.807) is 18.3 Å². The molecule has 0 aliphatic heterocycles. The number of hydrogen-bond acceptors (Lipinski definition) is 3. The van der Waals surface area contributed by atoms with E-state index in [9.17, 15) is 4.79 Å². The summed E-state index contributed by atoms with van der Waals surface area (Å²) in [5, 5.41) is 8.64. The van der Waals surface area contributed by atoms with Crippen LogP contribution >= 0.6 is 0 Å². The Morgan fingerprint density at radius 3 is 2.74 bits per heavy atom. The highest BCUT2D eigenvalue weighted by Crippen LogP contribution is 2.20. The summed E-state index contributed by atoms with van der Waals surface area (Å²) >= 11 is 0. The molecule has 1 aromatic carbocycles. The number of carboxylic acids is 1. The lowest BCUT2D eigenvalue weighted by Gasteiger charge is -2.08. The number of aliphatic carboxylic acids is 1. The number of carbonyl (C=O) groups is 1. The van der Waals surface area contributed by atoms with E-state index in [4.69, 9.17) is 9.84 Å². The van der Waals surface area contributed by atoms with Crippen LogP contribution in [-0.2, 0) is 11.4 Å². The molecule has 1 N–H and O–H groups in total. The maximum absolute atomic E-state index is 10.5. The Morgan fingerprint density at radius 1 is 1.21 bits per heavy atom. The molecule has 0 bridgehead atoms. The molecule has 4 heteroatoms. The highest BCUT2D eigenvalue weighted by Gasteiger charge is 2.01. The van der Waals surface area contributed by atoms with Crippen LogP contribution in [0, 0.1) is 0 Å². The topological polar surface area (TPSA) is 59.4 Å². The predicted molar refractivity (Wildman–Crippen MR) is 71.7 cm³/mol. The smallest absolute Gasteiger partial charge is 0.328 e. The molecular formula is C15H13NO3. The van der Waals surface area contributed by atoms with Crippen molar-refractivity contribution in [2.75, 3.05) is 0 Å². The van der Waals surface area contributed by atoms with Crippen LogP contribution in [0.3, 0.4) is 0 Å². The molecule has 0 aliphatic rings. The van der Waals surface area contributed by atoms with E-state index in [1.807, 2.05) is 30.3 Å². The van der Waals surface area contributed by atoms with Crippen molar-refractivity contribution in [2.45, 2.75) is 6.61 Å². The number of hydrogen-bond donors (Lipinski definition) is 1. The normalized spacial score (nSPS) is 10.5. The molecule has 0 atom stereocenters. The van der Waals surface area contributed by atoms with Crippen molar-refractivity contribution in [2.24, 2.45) is 0 Å². The van der Waals surface area contributed by atoms with Gasteiger partial charge in [0.15, 0.2) is 0 Å². The number of carboxylic acid groups (broad SMARTS) is 1. The zero-order valence-corrected chi connectivity index (χ0v) is 10.2. The Hall–Kier alpha value is -2.62. The largest absolute Gasteiger partial charge is 0.487 e. The van der Waals surface area contributed by atoms with Gasteiger partial charge in [-0.3, -0.25) is 4.98 Å². The van der Waals surface area contributed by atoms with Crippen molar-refractivity contribution in [1.82, 2.24) is 4.98 Å². The van der Waals surface area contributed by atoms with E-state index in [2.05, 4.69) is 4.98 Å². The summed E-state index contributed by atoms with van der Waals surface area (Å²) in [6.45, 7) is 0.346. The zero-order valence-electron chi connectivity index (χ0n) is 10.2. The minimum atomic E-state index is -0.987. The average Bonchev–Trinajstić information content (AvgIpc) is 2.45. The zero-order chi connectivity index (χ0) is 13.5. The molecule has 19 heavy (non-hydrogen) atoms. The van der Waals surface area contributed by atoms with Crippen LogP contribution in [0.5, 0.6) is 5.75 Å². The lowest BCUT2D eigenvalue weighted by molar-refractivity contribution is -0.131. The SMILES string of the molecule is O=C(O)C=Cc1ccccc1OCc1ccccn1. The molecule has 0 unspecified atom stereocenters. The number of nitrogens with zero attached hydrogens (tertiary/aromatic N) is 1. The lowest BCUT2D eigenvalue weighted by atomic mass is 10.2. The fourth-order valence-electron chi connectivity index (χ4n) is 1.55. The number of rotatable bonds is 5. The van der Waals surface area contributed by atoms with Crippen molar-refractivity contribution in [1.29, 1.82) is 0 Å². The first-order valence-electron chi connectivity index (χ1n) is 5.78. The summed E-state index contributed by atoms with van der Waals surface area (Å²) < 4.78 is 5.65. The van der Waals surface area contributed by atoms with Gasteiger partial charge in [0.05, 0.1) is 5.69 Å². The van der Waals surface area contributed by atoms with Crippen molar-refractivity contribution < 1.29 is 14.6 Å². The molecule has 0 saturated carbocycles. The van der Waals surface area contributed by atoms with Gasteiger partial charge in [0, 0.05) is 17.8 Å². The van der Waals surface area contributed by atoms with Crippen molar-refractivity contribution >= 4 is 12.0 Å². The molecule has 0 radical (unpaired) electrons. The monoisotopic (exact) mass is 255 g/mol. The maximum Gasteiger partial charge on any atom is 0.328 e. The third-order valence-electron chi connectivity index (χ3n) is 2.43. The van der Waals surface area contributed by atoms with Gasteiger partial charge >= 0.3 is 5.97 Å². The Balaban J connectivity index is 2.10. The van der Waals surface area contributed by atoms with Gasteiger partial charge in [-0.25, -0.2) is 4.79 Å². The molecule has 2 rings (SSSR count). The van der Waals surface area contributed by atoms with E-state index in [0.717, 1.165) is 17.3 Å². The summed E-state index contributed by atoms with van der Waals surface area (Å²) in [5.74, 6) is -0.356. The predicted octanol–water partition coefficient (Wildman–Crippen LogP) is 2.76. The number of aromatic nitrogens is 1. The van der Waals surface area contributed by atoms with Crippen LogP contribution in [0.2, 0.25) is 0 Å². The second-order valence-electron chi connectivity index (χ2n) is 3.82. The van der Waals surface area contributed by atoms with Crippen molar-refractivity contribution in [3.05, 3.63) is 66.0 Å². The summed E-state index contributed by atoms with van der Waals surface area (Å²) in [7, 11) is 0. The summed E-state index contributed by atoms with van der Waals surface area (Å²) in [5.41, 5.74) is 1.54. The van der Waals surface area contributed by atoms with Gasteiger partial charge in [-0.2, -0.15) is 0 Å². The van der Waals surface area contributed by atoms with E-state index in [-0.39, 0.29) is 0 Å². The Morgan fingerprint density at radius 2 is 2.00 bits per heavy atom. The summed E-state index contributed by atoms with van der Waals surface area (Å²) in [6.07, 6.45) is 4.30. The first-order chi connectivity index (χ1) is 9.25. The lowest BCUT2D eigenvalue weighted by Crippen LogP contribution is -1.98. The molecule has 4 nitrogen and oxygen atoms in total. The van der Waals surface area contributed by atoms with Crippen molar-refractivity contribution in [3.63, 3.8) is 0 Å². The van der Waals surface area contributed by atoms with Gasteiger partial charge in [-0.05, 0) is 24.3 Å². The van der Waals surface area contributed by atoms with Gasteiger partial charge < -0.3 is 9.84 Å². The van der Waals surface area contributed by atoms with Crippen LogP contribution in [0.4, 0.5) is 0 Å². The Bertz CT molecular complexity index is 579. The molecular weight excluding hydrogens is 242 g/mol. The van der Waals surface area contributed by atoms with Crippen LogP contribution in [0.1, 0.15) is 11.3 Å². The molecule has 0 amide bonds. The third kappa shape index (κ3) is 3.96. The van der Waals surface area contributed by atoms with E-state index in [1.165, 1.54) is 6.08 Å². The molecule has 0 aliphatic carbocycles. The standard InChI is InChI=1S/C15H13NO3/c17-15(18)9-8-12-5-1-2-7-14(12)19-11-13-6-3-4-10-16-13/h1-10H,11H2,(H,17,18). The van der Waals surface area contributed by atoms with Gasteiger partial charge in [0.1, 0.15) is 12.4 Å². The van der Waals surface area contributed by atoms with Crippen LogP contribution in [0.15, 0.2) is 54.7 Å². The molecule has 0 spiro atoms. The summed E-state index contributed by atoms with van der Waals surface area (Å²) in [6, 6.07) is 12.9. The minimum Gasteiger partial charge on any atom is -0.487 e. The number of ether oxygens (including phenoxy) is 1. The van der Waals surface area contributed by atoms with Crippen molar-refractivity contribution in [3.8, 4) is 5.75 Å².